The molecule has 0 aliphatic heterocycles. The van der Waals surface area contributed by atoms with Crippen LogP contribution in [0.3, 0.4) is 0 Å². The molecule has 0 fully saturated rings. The summed E-state index contributed by atoms with van der Waals surface area (Å²) in [6, 6.07) is 23.5. The largest absolute Gasteiger partial charge is 0.352 e. The molecule has 3 aromatic carbocycles. The van der Waals surface area contributed by atoms with Crippen molar-refractivity contribution in [2.75, 3.05) is 6.54 Å². The summed E-state index contributed by atoms with van der Waals surface area (Å²) in [5.74, 6) is -0.200. The number of amides is 1. The summed E-state index contributed by atoms with van der Waals surface area (Å²) in [4.78, 5) is 17.9. The highest BCUT2D eigenvalue weighted by Gasteiger charge is 2.14. The number of hydrogen-bond acceptors (Lipinski definition) is 4. The van der Waals surface area contributed by atoms with Crippen molar-refractivity contribution in [3.05, 3.63) is 94.5 Å². The Bertz CT molecular complexity index is 1390. The minimum atomic E-state index is -3.72. The second-order valence-corrected chi connectivity index (χ2v) is 9.75. The number of primary sulfonamides is 1. The number of benzene rings is 3. The molecule has 4 aromatic rings. The van der Waals surface area contributed by atoms with E-state index in [1.165, 1.54) is 12.1 Å². The van der Waals surface area contributed by atoms with Crippen LogP contribution in [-0.4, -0.2) is 25.9 Å². The zero-order valence-electron chi connectivity index (χ0n) is 17.0. The summed E-state index contributed by atoms with van der Waals surface area (Å²) in [6.45, 7) is 0.395. The zero-order valence-corrected chi connectivity index (χ0v) is 19.4. The number of pyridine rings is 1. The van der Waals surface area contributed by atoms with Crippen LogP contribution in [0.4, 0.5) is 0 Å². The number of hydrogen-bond donors (Lipinski definition) is 2. The van der Waals surface area contributed by atoms with E-state index < -0.39 is 10.0 Å². The maximum absolute atomic E-state index is 13.1. The number of rotatable bonds is 6. The number of carbonyl (C=O) groups is 1. The van der Waals surface area contributed by atoms with Crippen LogP contribution in [0, 0.1) is 0 Å². The molecule has 8 heteroatoms. The van der Waals surface area contributed by atoms with Gasteiger partial charge in [-0.2, -0.15) is 0 Å². The van der Waals surface area contributed by atoms with Crippen LogP contribution in [0.2, 0.25) is 0 Å². The summed E-state index contributed by atoms with van der Waals surface area (Å²) in [6.07, 6.45) is 0.550. The topological polar surface area (TPSA) is 102 Å². The van der Waals surface area contributed by atoms with E-state index in [0.29, 0.717) is 18.5 Å². The van der Waals surface area contributed by atoms with Gasteiger partial charge in [-0.3, -0.25) is 4.79 Å². The van der Waals surface area contributed by atoms with Gasteiger partial charge in [-0.05, 0) is 48.4 Å². The SMILES string of the molecule is NS(=O)(=O)c1ccc(CCNC(=O)c2cc(-c3ccccc3)nc3ccc(Br)cc23)cc1. The quantitative estimate of drug-likeness (QED) is 0.404. The summed E-state index contributed by atoms with van der Waals surface area (Å²) in [7, 11) is -3.72. The average molecular weight is 510 g/mol. The van der Waals surface area contributed by atoms with Gasteiger partial charge in [-0.15, -0.1) is 0 Å². The van der Waals surface area contributed by atoms with Crippen molar-refractivity contribution in [1.29, 1.82) is 0 Å². The van der Waals surface area contributed by atoms with E-state index in [0.717, 1.165) is 32.2 Å². The predicted molar refractivity (Wildman–Crippen MR) is 129 cm³/mol. The first-order chi connectivity index (χ1) is 15.3. The molecule has 0 radical (unpaired) electrons. The molecule has 4 rings (SSSR count). The van der Waals surface area contributed by atoms with Gasteiger partial charge in [0.15, 0.2) is 0 Å². The zero-order chi connectivity index (χ0) is 22.7. The standard InChI is InChI=1S/C24H20BrN3O3S/c25-18-8-11-22-20(14-18)21(15-23(28-22)17-4-2-1-3-5-17)24(29)27-13-12-16-6-9-19(10-7-16)32(26,30)31/h1-11,14-15H,12-13H2,(H,27,29)(H2,26,30,31). The monoisotopic (exact) mass is 509 g/mol. The number of aromatic nitrogens is 1. The van der Waals surface area contributed by atoms with Crippen LogP contribution in [0.5, 0.6) is 0 Å². The maximum atomic E-state index is 13.1. The Balaban J connectivity index is 1.56. The molecule has 0 aliphatic rings. The van der Waals surface area contributed by atoms with Gasteiger partial charge < -0.3 is 5.32 Å². The molecule has 0 atom stereocenters. The highest BCUT2D eigenvalue weighted by Crippen LogP contribution is 2.27. The van der Waals surface area contributed by atoms with Gasteiger partial charge in [0.1, 0.15) is 0 Å². The first kappa shape index (κ1) is 22.1. The molecule has 1 amide bonds. The number of nitrogens with zero attached hydrogens (tertiary/aromatic N) is 1. The third kappa shape index (κ3) is 5.04. The fourth-order valence-electron chi connectivity index (χ4n) is 3.40. The fraction of sp³-hybridized carbons (Fsp3) is 0.0833. The van der Waals surface area contributed by atoms with Gasteiger partial charge >= 0.3 is 0 Å². The number of halogens is 1. The lowest BCUT2D eigenvalue weighted by atomic mass is 10.0. The van der Waals surface area contributed by atoms with Crippen LogP contribution in [0.25, 0.3) is 22.2 Å². The Morgan fingerprint density at radius 3 is 2.38 bits per heavy atom. The maximum Gasteiger partial charge on any atom is 0.252 e. The van der Waals surface area contributed by atoms with Crippen molar-refractivity contribution < 1.29 is 13.2 Å². The number of nitrogens with two attached hydrogens (primary N) is 1. The summed E-state index contributed by atoms with van der Waals surface area (Å²) in [5, 5.41) is 8.84. The van der Waals surface area contributed by atoms with E-state index in [9.17, 15) is 13.2 Å². The summed E-state index contributed by atoms with van der Waals surface area (Å²) >= 11 is 3.47. The fourth-order valence-corrected chi connectivity index (χ4v) is 4.28. The minimum absolute atomic E-state index is 0.0626. The smallest absolute Gasteiger partial charge is 0.252 e. The Labute approximate surface area is 194 Å². The van der Waals surface area contributed by atoms with Gasteiger partial charge in [0, 0.05) is 22.0 Å². The van der Waals surface area contributed by atoms with Crippen LogP contribution in [0.1, 0.15) is 15.9 Å². The minimum Gasteiger partial charge on any atom is -0.352 e. The van der Waals surface area contributed by atoms with Crippen LogP contribution in [-0.2, 0) is 16.4 Å². The first-order valence-electron chi connectivity index (χ1n) is 9.87. The number of fused-ring (bicyclic) bond motifs is 1. The van der Waals surface area contributed by atoms with E-state index in [4.69, 9.17) is 10.1 Å². The van der Waals surface area contributed by atoms with E-state index in [2.05, 4.69) is 21.2 Å². The normalized spacial score (nSPS) is 11.4. The van der Waals surface area contributed by atoms with Gasteiger partial charge in [0.25, 0.3) is 5.91 Å². The molecule has 3 N–H and O–H groups in total. The molecular formula is C24H20BrN3O3S. The second-order valence-electron chi connectivity index (χ2n) is 7.28. The second kappa shape index (κ2) is 9.20. The molecule has 0 spiro atoms. The van der Waals surface area contributed by atoms with Gasteiger partial charge in [-0.1, -0.05) is 58.4 Å². The third-order valence-electron chi connectivity index (χ3n) is 5.04. The van der Waals surface area contributed by atoms with E-state index in [1.807, 2.05) is 48.5 Å². The summed E-state index contributed by atoms with van der Waals surface area (Å²) in [5.41, 5.74) is 3.83. The van der Waals surface area contributed by atoms with Crippen molar-refractivity contribution in [2.45, 2.75) is 11.3 Å². The molecule has 6 nitrogen and oxygen atoms in total. The molecular weight excluding hydrogens is 490 g/mol. The molecule has 0 bridgehead atoms. The predicted octanol–water partition coefficient (Wildman–Crippen LogP) is 4.28. The van der Waals surface area contributed by atoms with Crippen molar-refractivity contribution in [2.24, 2.45) is 5.14 Å². The molecule has 1 heterocycles. The highest BCUT2D eigenvalue weighted by atomic mass is 79.9. The van der Waals surface area contributed by atoms with Crippen molar-refractivity contribution in [1.82, 2.24) is 10.3 Å². The van der Waals surface area contributed by atoms with Crippen LogP contribution < -0.4 is 10.5 Å². The molecule has 0 saturated carbocycles. The van der Waals surface area contributed by atoms with Gasteiger partial charge in [0.05, 0.1) is 21.7 Å². The Morgan fingerprint density at radius 2 is 1.69 bits per heavy atom. The summed E-state index contributed by atoms with van der Waals surface area (Å²) < 4.78 is 23.6. The Morgan fingerprint density at radius 1 is 0.969 bits per heavy atom. The molecule has 0 saturated heterocycles. The molecule has 162 valence electrons. The third-order valence-corrected chi connectivity index (χ3v) is 6.46. The molecule has 0 aliphatic carbocycles. The number of sulfonamides is 1. The highest BCUT2D eigenvalue weighted by molar-refractivity contribution is 9.10. The lowest BCUT2D eigenvalue weighted by Crippen LogP contribution is -2.26. The molecule has 0 unspecified atom stereocenters. The average Bonchev–Trinajstić information content (AvgIpc) is 2.78. The van der Waals surface area contributed by atoms with E-state index >= 15 is 0 Å². The molecule has 1 aromatic heterocycles. The number of carbonyl (C=O) groups excluding carboxylic acids is 1. The van der Waals surface area contributed by atoms with Crippen molar-refractivity contribution in [3.63, 3.8) is 0 Å². The lowest BCUT2D eigenvalue weighted by Gasteiger charge is -2.11. The van der Waals surface area contributed by atoms with E-state index in [1.54, 1.807) is 18.2 Å². The van der Waals surface area contributed by atoms with Crippen LogP contribution in [0.15, 0.2) is 88.2 Å². The Kier molecular flexibility index (Phi) is 6.36. The lowest BCUT2D eigenvalue weighted by molar-refractivity contribution is 0.0955. The first-order valence-corrected chi connectivity index (χ1v) is 12.2. The van der Waals surface area contributed by atoms with Gasteiger partial charge in [0.2, 0.25) is 10.0 Å². The van der Waals surface area contributed by atoms with Gasteiger partial charge in [-0.25, -0.2) is 18.5 Å². The van der Waals surface area contributed by atoms with Crippen molar-refractivity contribution in [3.8, 4) is 11.3 Å². The van der Waals surface area contributed by atoms with Crippen molar-refractivity contribution >= 4 is 42.8 Å². The number of nitrogens with one attached hydrogen (secondary N) is 1. The molecule has 32 heavy (non-hydrogen) atoms. The van der Waals surface area contributed by atoms with E-state index in [-0.39, 0.29) is 10.8 Å². The Hall–Kier alpha value is -3.07. The van der Waals surface area contributed by atoms with Crippen LogP contribution >= 0.6 is 15.9 Å².